The first-order valence-electron chi connectivity index (χ1n) is 4.32. The highest BCUT2D eigenvalue weighted by molar-refractivity contribution is 9.10. The van der Waals surface area contributed by atoms with Crippen LogP contribution in [0.1, 0.15) is 0 Å². The molecule has 2 N–H and O–H groups in total. The lowest BCUT2D eigenvalue weighted by Crippen LogP contribution is -2.08. The molecule has 0 unspecified atom stereocenters. The Labute approximate surface area is 94.5 Å². The summed E-state index contributed by atoms with van der Waals surface area (Å²) in [4.78, 5) is 17.6. The summed E-state index contributed by atoms with van der Waals surface area (Å²) in [5.74, 6) is 0.435. The van der Waals surface area contributed by atoms with E-state index in [4.69, 9.17) is 0 Å². The largest absolute Gasteiger partial charge is 0.326 e. The SMILES string of the molecule is O=c1ccnc(Nc2ccc(Br)cc2)[nH]1. The van der Waals surface area contributed by atoms with Crippen molar-refractivity contribution >= 4 is 27.6 Å². The first-order chi connectivity index (χ1) is 7.24. The molecule has 0 saturated carbocycles. The third-order valence-electron chi connectivity index (χ3n) is 1.78. The van der Waals surface area contributed by atoms with E-state index < -0.39 is 0 Å². The third kappa shape index (κ3) is 2.66. The van der Waals surface area contributed by atoms with Crippen LogP contribution in [0.4, 0.5) is 11.6 Å². The fourth-order valence-electron chi connectivity index (χ4n) is 1.10. The van der Waals surface area contributed by atoms with E-state index in [0.29, 0.717) is 5.95 Å². The number of H-pyrrole nitrogens is 1. The van der Waals surface area contributed by atoms with Crippen molar-refractivity contribution < 1.29 is 0 Å². The van der Waals surface area contributed by atoms with Crippen LogP contribution in [0.5, 0.6) is 0 Å². The fourth-order valence-corrected chi connectivity index (χ4v) is 1.37. The Morgan fingerprint density at radius 2 is 1.93 bits per heavy atom. The molecule has 0 fully saturated rings. The Balaban J connectivity index is 2.22. The van der Waals surface area contributed by atoms with Gasteiger partial charge in [0.25, 0.3) is 5.56 Å². The van der Waals surface area contributed by atoms with Gasteiger partial charge in [-0.2, -0.15) is 0 Å². The molecule has 0 aliphatic heterocycles. The topological polar surface area (TPSA) is 57.8 Å². The lowest BCUT2D eigenvalue weighted by molar-refractivity contribution is 1.12. The quantitative estimate of drug-likeness (QED) is 0.876. The van der Waals surface area contributed by atoms with Gasteiger partial charge in [0.2, 0.25) is 5.95 Å². The Kier molecular flexibility index (Phi) is 2.82. The normalized spacial score (nSPS) is 9.93. The van der Waals surface area contributed by atoms with Crippen LogP contribution >= 0.6 is 15.9 Å². The standard InChI is InChI=1S/C10H8BrN3O/c11-7-1-3-8(4-2-7)13-10-12-6-5-9(15)14-10/h1-6H,(H2,12,13,14,15). The second-order valence-electron chi connectivity index (χ2n) is 2.91. The molecule has 1 aromatic heterocycles. The number of halogens is 1. The molecule has 4 nitrogen and oxygen atoms in total. The number of hydrogen-bond donors (Lipinski definition) is 2. The minimum atomic E-state index is -0.176. The van der Waals surface area contributed by atoms with Crippen LogP contribution in [0.2, 0.25) is 0 Å². The zero-order chi connectivity index (χ0) is 10.7. The molecule has 0 amide bonds. The zero-order valence-electron chi connectivity index (χ0n) is 7.70. The summed E-state index contributed by atoms with van der Waals surface area (Å²) in [7, 11) is 0. The van der Waals surface area contributed by atoms with Crippen molar-refractivity contribution in [3.05, 3.63) is 51.4 Å². The van der Waals surface area contributed by atoms with Crippen LogP contribution in [0.25, 0.3) is 0 Å². The van der Waals surface area contributed by atoms with Crippen LogP contribution in [0, 0.1) is 0 Å². The maximum atomic E-state index is 11.0. The van der Waals surface area contributed by atoms with Crippen LogP contribution in [-0.2, 0) is 0 Å². The molecule has 15 heavy (non-hydrogen) atoms. The molecule has 0 atom stereocenters. The average molecular weight is 266 g/mol. The fraction of sp³-hybridized carbons (Fsp3) is 0. The first-order valence-corrected chi connectivity index (χ1v) is 5.11. The van der Waals surface area contributed by atoms with E-state index in [1.807, 2.05) is 24.3 Å². The predicted molar refractivity (Wildman–Crippen MR) is 62.3 cm³/mol. The monoisotopic (exact) mass is 265 g/mol. The molecular formula is C10H8BrN3O. The summed E-state index contributed by atoms with van der Waals surface area (Å²) in [6.45, 7) is 0. The van der Waals surface area contributed by atoms with Crippen molar-refractivity contribution in [2.45, 2.75) is 0 Å². The number of aromatic nitrogens is 2. The molecule has 0 aliphatic carbocycles. The van der Waals surface area contributed by atoms with E-state index in [1.54, 1.807) is 0 Å². The number of anilines is 2. The maximum Gasteiger partial charge on any atom is 0.252 e. The van der Waals surface area contributed by atoms with E-state index in [0.717, 1.165) is 10.2 Å². The van der Waals surface area contributed by atoms with E-state index in [-0.39, 0.29) is 5.56 Å². The Bertz CT molecular complexity index is 507. The summed E-state index contributed by atoms with van der Waals surface area (Å²) in [6.07, 6.45) is 1.46. The minimum Gasteiger partial charge on any atom is -0.326 e. The summed E-state index contributed by atoms with van der Waals surface area (Å²) >= 11 is 3.34. The Morgan fingerprint density at radius 3 is 2.60 bits per heavy atom. The lowest BCUT2D eigenvalue weighted by Gasteiger charge is -2.03. The molecule has 1 heterocycles. The van der Waals surface area contributed by atoms with Crippen molar-refractivity contribution in [3.63, 3.8) is 0 Å². The average Bonchev–Trinajstić information content (AvgIpc) is 2.22. The first kappa shape index (κ1) is 9.92. The number of hydrogen-bond acceptors (Lipinski definition) is 3. The molecule has 2 aromatic rings. The molecule has 0 aliphatic rings. The molecule has 5 heteroatoms. The van der Waals surface area contributed by atoms with Gasteiger partial charge in [-0.15, -0.1) is 0 Å². The van der Waals surface area contributed by atoms with Crippen molar-refractivity contribution in [2.24, 2.45) is 0 Å². The summed E-state index contributed by atoms with van der Waals surface area (Å²) in [5.41, 5.74) is 0.692. The van der Waals surface area contributed by atoms with E-state index in [2.05, 4.69) is 31.2 Å². The van der Waals surface area contributed by atoms with Crippen molar-refractivity contribution in [1.82, 2.24) is 9.97 Å². The van der Waals surface area contributed by atoms with Gasteiger partial charge in [-0.05, 0) is 24.3 Å². The molecule has 0 spiro atoms. The van der Waals surface area contributed by atoms with Crippen molar-refractivity contribution in [3.8, 4) is 0 Å². The molecular weight excluding hydrogens is 258 g/mol. The Hall–Kier alpha value is -1.62. The predicted octanol–water partition coefficient (Wildman–Crippen LogP) is 2.28. The summed E-state index contributed by atoms with van der Waals surface area (Å²) in [5, 5.41) is 2.98. The highest BCUT2D eigenvalue weighted by atomic mass is 79.9. The lowest BCUT2D eigenvalue weighted by atomic mass is 10.3. The second kappa shape index (κ2) is 4.27. The molecule has 0 radical (unpaired) electrons. The van der Waals surface area contributed by atoms with Gasteiger partial charge in [-0.25, -0.2) is 4.98 Å². The summed E-state index contributed by atoms with van der Waals surface area (Å²) < 4.78 is 1.00. The number of nitrogens with one attached hydrogen (secondary N) is 2. The second-order valence-corrected chi connectivity index (χ2v) is 3.83. The zero-order valence-corrected chi connectivity index (χ0v) is 9.28. The smallest absolute Gasteiger partial charge is 0.252 e. The van der Waals surface area contributed by atoms with Crippen molar-refractivity contribution in [2.75, 3.05) is 5.32 Å². The van der Waals surface area contributed by atoms with E-state index in [9.17, 15) is 4.79 Å². The van der Waals surface area contributed by atoms with Gasteiger partial charge in [-0.1, -0.05) is 15.9 Å². The van der Waals surface area contributed by atoms with Gasteiger partial charge in [0.05, 0.1) is 0 Å². The van der Waals surface area contributed by atoms with Crippen LogP contribution in [0.15, 0.2) is 45.8 Å². The van der Waals surface area contributed by atoms with Gasteiger partial charge in [0, 0.05) is 22.4 Å². The highest BCUT2D eigenvalue weighted by Gasteiger charge is 1.95. The summed E-state index contributed by atoms with van der Waals surface area (Å²) in [6, 6.07) is 8.95. The van der Waals surface area contributed by atoms with Gasteiger partial charge >= 0.3 is 0 Å². The maximum absolute atomic E-state index is 11.0. The van der Waals surface area contributed by atoms with Gasteiger partial charge < -0.3 is 5.32 Å². The highest BCUT2D eigenvalue weighted by Crippen LogP contribution is 2.15. The van der Waals surface area contributed by atoms with E-state index in [1.165, 1.54) is 12.3 Å². The Morgan fingerprint density at radius 1 is 1.20 bits per heavy atom. The van der Waals surface area contributed by atoms with Crippen LogP contribution in [-0.4, -0.2) is 9.97 Å². The van der Waals surface area contributed by atoms with Gasteiger partial charge in [-0.3, -0.25) is 9.78 Å². The molecule has 0 saturated heterocycles. The molecule has 1 aromatic carbocycles. The van der Waals surface area contributed by atoms with Crippen LogP contribution < -0.4 is 10.9 Å². The molecule has 76 valence electrons. The van der Waals surface area contributed by atoms with Gasteiger partial charge in [0.1, 0.15) is 0 Å². The minimum absolute atomic E-state index is 0.176. The van der Waals surface area contributed by atoms with E-state index >= 15 is 0 Å². The third-order valence-corrected chi connectivity index (χ3v) is 2.31. The number of rotatable bonds is 2. The van der Waals surface area contributed by atoms with Crippen LogP contribution in [0.3, 0.4) is 0 Å². The molecule has 0 bridgehead atoms. The number of benzene rings is 1. The van der Waals surface area contributed by atoms with Gasteiger partial charge in [0.15, 0.2) is 0 Å². The molecule has 2 rings (SSSR count). The number of nitrogens with zero attached hydrogens (tertiary/aromatic N) is 1. The number of aromatic amines is 1. The van der Waals surface area contributed by atoms with Crippen molar-refractivity contribution in [1.29, 1.82) is 0 Å².